The van der Waals surface area contributed by atoms with Crippen molar-refractivity contribution in [3.8, 4) is 6.07 Å². The first-order chi connectivity index (χ1) is 5.61. The van der Waals surface area contributed by atoms with Crippen molar-refractivity contribution < 1.29 is 34.3 Å². The third-order valence-corrected chi connectivity index (χ3v) is 1.96. The fraction of sp³-hybridized carbons (Fsp3) is 0.571. The molecule has 0 amide bonds. The zero-order valence-corrected chi connectivity index (χ0v) is 8.99. The first-order valence-corrected chi connectivity index (χ1v) is 6.25. The number of alkyl halides is 1. The minimum atomic E-state index is -0.915. The fourth-order valence-corrected chi connectivity index (χ4v) is 1.34. The molecule has 0 aromatic heterocycles. The van der Waals surface area contributed by atoms with Crippen LogP contribution in [0.5, 0.6) is 0 Å². The summed E-state index contributed by atoms with van der Waals surface area (Å²) in [5.74, 6) is -1.65. The number of carbonyl (C=O) groups is 2. The van der Waals surface area contributed by atoms with Crippen molar-refractivity contribution in [1.29, 1.82) is 5.26 Å². The quantitative estimate of drug-likeness (QED) is 0.415. The number of hydrogen-bond acceptors (Lipinski definition) is 4. The van der Waals surface area contributed by atoms with Gasteiger partial charge >= 0.3 is 81.6 Å². The van der Waals surface area contributed by atoms with Crippen LogP contribution < -0.4 is 21.6 Å². The predicted molar refractivity (Wildman–Crippen MR) is 36.4 cm³/mol. The van der Waals surface area contributed by atoms with E-state index in [-0.39, 0.29) is 12.2 Å². The number of carbonyl (C=O) groups excluding carboxylic acids is 2. The van der Waals surface area contributed by atoms with Crippen LogP contribution in [-0.4, -0.2) is 16.7 Å². The van der Waals surface area contributed by atoms with Crippen LogP contribution in [-0.2, 0) is 12.7 Å². The van der Waals surface area contributed by atoms with E-state index in [9.17, 15) is 9.59 Å². The number of halogens is 1. The Bertz CT molecular complexity index is 221. The number of rotatable bonds is 4. The van der Waals surface area contributed by atoms with Gasteiger partial charge in [0.1, 0.15) is 0 Å². The Morgan fingerprint density at radius 2 is 2.25 bits per heavy atom. The maximum atomic E-state index is 10.9. The third-order valence-electron chi connectivity index (χ3n) is 1.09. The molecule has 0 rings (SSSR count). The van der Waals surface area contributed by atoms with Gasteiger partial charge in [-0.25, -0.2) is 0 Å². The number of hydrogen-bond donors (Lipinski definition) is 0. The van der Waals surface area contributed by atoms with Crippen LogP contribution in [0.3, 0.4) is 0 Å². The molecular formula is C7H9INO3-. The normalized spacial score (nSPS) is 11.8. The summed E-state index contributed by atoms with van der Waals surface area (Å²) in [4.78, 5) is 23.3. The van der Waals surface area contributed by atoms with Crippen LogP contribution >= 0.6 is 0 Å². The molecule has 68 valence electrons. The second-order valence-corrected chi connectivity index (χ2v) is 3.46. The number of nitrogens with zero attached hydrogens (tertiary/aromatic N) is 1. The third kappa shape index (κ3) is 4.28. The topological polar surface area (TPSA) is 67.2 Å². The van der Waals surface area contributed by atoms with Crippen molar-refractivity contribution >= 4 is 11.8 Å². The van der Waals surface area contributed by atoms with Crippen LogP contribution in [0.15, 0.2) is 0 Å². The summed E-state index contributed by atoms with van der Waals surface area (Å²) in [7, 11) is 0. The molecule has 5 heteroatoms. The summed E-state index contributed by atoms with van der Waals surface area (Å²) in [6, 6.07) is 1.74. The minimum absolute atomic E-state index is 0.0426. The number of nitriles is 1. The SMILES string of the molecule is C[I-]OC(=O)C(C#N)CC(C)=O. The standard InChI is InChI=1S/C7H9INO3/c1-5(10)3-6(4-9)7(11)12-8-2/h6H,3H2,1-2H3/q-1. The van der Waals surface area contributed by atoms with Gasteiger partial charge in [0.2, 0.25) is 0 Å². The van der Waals surface area contributed by atoms with Gasteiger partial charge in [-0.3, -0.25) is 0 Å². The molecule has 1 unspecified atom stereocenters. The summed E-state index contributed by atoms with van der Waals surface area (Å²) in [5.41, 5.74) is 0. The van der Waals surface area contributed by atoms with Gasteiger partial charge in [0.05, 0.1) is 0 Å². The molecule has 0 radical (unpaired) electrons. The summed E-state index contributed by atoms with van der Waals surface area (Å²) >= 11 is -0.610. The van der Waals surface area contributed by atoms with Crippen molar-refractivity contribution in [3.05, 3.63) is 0 Å². The van der Waals surface area contributed by atoms with Crippen molar-refractivity contribution in [2.24, 2.45) is 5.92 Å². The molecule has 4 nitrogen and oxygen atoms in total. The zero-order chi connectivity index (χ0) is 9.56. The molecule has 0 aliphatic rings. The summed E-state index contributed by atoms with van der Waals surface area (Å²) in [6.45, 7) is 1.35. The first-order valence-electron chi connectivity index (χ1n) is 3.21. The molecule has 0 saturated heterocycles. The van der Waals surface area contributed by atoms with Crippen LogP contribution in [0.4, 0.5) is 0 Å². The van der Waals surface area contributed by atoms with Gasteiger partial charge in [0.15, 0.2) is 0 Å². The second kappa shape index (κ2) is 5.94. The van der Waals surface area contributed by atoms with Gasteiger partial charge in [-0.1, -0.05) is 0 Å². The van der Waals surface area contributed by atoms with Crippen molar-refractivity contribution in [3.63, 3.8) is 0 Å². The Hall–Kier alpha value is -0.640. The second-order valence-electron chi connectivity index (χ2n) is 2.14. The Morgan fingerprint density at radius 1 is 1.67 bits per heavy atom. The van der Waals surface area contributed by atoms with Gasteiger partial charge in [-0.05, 0) is 0 Å². The Kier molecular flexibility index (Phi) is 5.62. The molecule has 0 saturated carbocycles. The Morgan fingerprint density at radius 3 is 2.58 bits per heavy atom. The van der Waals surface area contributed by atoms with E-state index in [0.717, 1.165) is 0 Å². The Balaban J connectivity index is 4.08. The summed E-state index contributed by atoms with van der Waals surface area (Å²) in [5, 5.41) is 8.48. The molecule has 0 aliphatic carbocycles. The summed E-state index contributed by atoms with van der Waals surface area (Å²) < 4.78 is 4.69. The average Bonchev–Trinajstić information content (AvgIpc) is 2.00. The van der Waals surface area contributed by atoms with E-state index in [1.165, 1.54) is 6.92 Å². The van der Waals surface area contributed by atoms with Gasteiger partial charge in [0, 0.05) is 0 Å². The number of ketones is 1. The fourth-order valence-electron chi connectivity index (χ4n) is 0.599. The molecule has 0 spiro atoms. The predicted octanol–water partition coefficient (Wildman–Crippen LogP) is -2.72. The monoisotopic (exact) mass is 282 g/mol. The van der Waals surface area contributed by atoms with E-state index in [0.29, 0.717) is 0 Å². The average molecular weight is 282 g/mol. The van der Waals surface area contributed by atoms with E-state index < -0.39 is 33.5 Å². The molecule has 0 aromatic carbocycles. The number of Topliss-reactive ketones (excluding diaryl/α,β-unsaturated/α-hetero) is 1. The van der Waals surface area contributed by atoms with E-state index in [1.807, 2.05) is 0 Å². The van der Waals surface area contributed by atoms with E-state index >= 15 is 0 Å². The summed E-state index contributed by atoms with van der Waals surface area (Å²) in [6.07, 6.45) is -0.0426. The molecule has 0 fully saturated rings. The van der Waals surface area contributed by atoms with Crippen LogP contribution in [0.1, 0.15) is 13.3 Å². The van der Waals surface area contributed by atoms with Gasteiger partial charge < -0.3 is 0 Å². The molecule has 0 aromatic rings. The Labute approximate surface area is 81.7 Å². The molecule has 0 heterocycles. The van der Waals surface area contributed by atoms with E-state index in [2.05, 4.69) is 0 Å². The van der Waals surface area contributed by atoms with Crippen LogP contribution in [0.25, 0.3) is 0 Å². The molecule has 1 atom stereocenters. The van der Waals surface area contributed by atoms with Crippen molar-refractivity contribution in [2.75, 3.05) is 4.93 Å². The van der Waals surface area contributed by atoms with E-state index in [1.54, 1.807) is 11.0 Å². The van der Waals surface area contributed by atoms with Gasteiger partial charge in [-0.2, -0.15) is 0 Å². The van der Waals surface area contributed by atoms with Gasteiger partial charge in [0.25, 0.3) is 0 Å². The molecule has 0 bridgehead atoms. The van der Waals surface area contributed by atoms with Crippen LogP contribution in [0, 0.1) is 17.2 Å². The van der Waals surface area contributed by atoms with Crippen molar-refractivity contribution in [2.45, 2.75) is 13.3 Å². The maximum absolute atomic E-state index is 10.9. The first kappa shape index (κ1) is 11.4. The molecule has 0 aliphatic heterocycles. The van der Waals surface area contributed by atoms with Crippen molar-refractivity contribution in [1.82, 2.24) is 0 Å². The van der Waals surface area contributed by atoms with E-state index in [4.69, 9.17) is 8.33 Å². The molecular weight excluding hydrogens is 273 g/mol. The zero-order valence-electron chi connectivity index (χ0n) is 6.83. The van der Waals surface area contributed by atoms with Crippen LogP contribution in [0.2, 0.25) is 0 Å². The molecule has 12 heavy (non-hydrogen) atoms. The van der Waals surface area contributed by atoms with Gasteiger partial charge in [-0.15, -0.1) is 0 Å². The molecule has 0 N–H and O–H groups in total.